The van der Waals surface area contributed by atoms with Gasteiger partial charge in [0.15, 0.2) is 0 Å². The fraction of sp³-hybridized carbons (Fsp3) is 1.00. The Hall–Kier alpha value is -0.250. The van der Waals surface area contributed by atoms with Gasteiger partial charge in [0.1, 0.15) is 0 Å². The van der Waals surface area contributed by atoms with Gasteiger partial charge in [-0.3, -0.25) is 0 Å². The normalized spacial score (nSPS) is 12.5. The van der Waals surface area contributed by atoms with Gasteiger partial charge in [-0.15, -0.1) is 0 Å². The van der Waals surface area contributed by atoms with Crippen molar-refractivity contribution in [3.63, 3.8) is 0 Å². The Morgan fingerprint density at radius 3 is 2.00 bits per heavy atom. The molecule has 0 bridgehead atoms. The van der Waals surface area contributed by atoms with Crippen molar-refractivity contribution in [3.8, 4) is 0 Å². The zero-order valence-electron chi connectivity index (χ0n) is 7.54. The van der Waals surface area contributed by atoms with Crippen molar-refractivity contribution in [1.82, 2.24) is 5.32 Å². The van der Waals surface area contributed by atoms with Crippen LogP contribution < -0.4 is 5.32 Å². The minimum atomic E-state index is -4.08. The largest absolute Gasteiger partial charge is 0.401 e. The minimum Gasteiger partial charge on any atom is -0.308 e. The Morgan fingerprint density at radius 1 is 1.17 bits per heavy atom. The highest BCUT2D eigenvalue weighted by molar-refractivity contribution is 4.61. The van der Waals surface area contributed by atoms with Crippen molar-refractivity contribution < 1.29 is 13.2 Å². The third-order valence-electron chi connectivity index (χ3n) is 1.91. The van der Waals surface area contributed by atoms with Gasteiger partial charge in [-0.1, -0.05) is 26.7 Å². The lowest BCUT2D eigenvalue weighted by Crippen LogP contribution is -2.32. The number of rotatable bonds is 5. The highest BCUT2D eigenvalue weighted by atomic mass is 19.4. The van der Waals surface area contributed by atoms with E-state index in [4.69, 9.17) is 0 Å². The van der Waals surface area contributed by atoms with Gasteiger partial charge in [0.05, 0.1) is 6.54 Å². The molecule has 1 N–H and O–H groups in total. The van der Waals surface area contributed by atoms with Crippen LogP contribution in [-0.4, -0.2) is 19.3 Å². The van der Waals surface area contributed by atoms with E-state index in [-0.39, 0.29) is 0 Å². The van der Waals surface area contributed by atoms with Crippen LogP contribution in [0.15, 0.2) is 0 Å². The van der Waals surface area contributed by atoms with Crippen LogP contribution in [0.1, 0.15) is 26.7 Å². The molecule has 0 spiro atoms. The third kappa shape index (κ3) is 6.46. The molecule has 0 saturated carbocycles. The molecule has 12 heavy (non-hydrogen) atoms. The van der Waals surface area contributed by atoms with E-state index in [2.05, 4.69) is 5.32 Å². The first kappa shape index (κ1) is 11.8. The van der Waals surface area contributed by atoms with Crippen LogP contribution in [0.25, 0.3) is 0 Å². The molecule has 0 aliphatic rings. The summed E-state index contributed by atoms with van der Waals surface area (Å²) in [5, 5.41) is 2.40. The van der Waals surface area contributed by atoms with Gasteiger partial charge in [-0.05, 0) is 12.5 Å². The zero-order chi connectivity index (χ0) is 9.61. The summed E-state index contributed by atoms with van der Waals surface area (Å²) in [6, 6.07) is 0. The molecule has 1 nitrogen and oxygen atoms in total. The topological polar surface area (TPSA) is 12.0 Å². The fourth-order valence-electron chi connectivity index (χ4n) is 0.995. The predicted molar refractivity (Wildman–Crippen MR) is 43.0 cm³/mol. The number of alkyl halides is 3. The van der Waals surface area contributed by atoms with E-state index in [1.807, 2.05) is 13.8 Å². The summed E-state index contributed by atoms with van der Waals surface area (Å²) in [6.07, 6.45) is -2.21. The molecular formula is C8H16F3N. The summed E-state index contributed by atoms with van der Waals surface area (Å²) in [5.74, 6) is 0.368. The molecule has 0 aromatic heterocycles. The van der Waals surface area contributed by atoms with Crippen LogP contribution in [-0.2, 0) is 0 Å². The molecule has 0 heterocycles. The Kier molecular flexibility index (Phi) is 5.29. The number of hydrogen-bond acceptors (Lipinski definition) is 1. The Labute approximate surface area is 71.3 Å². The van der Waals surface area contributed by atoms with Crippen LogP contribution in [0.5, 0.6) is 0 Å². The molecular weight excluding hydrogens is 167 g/mol. The van der Waals surface area contributed by atoms with Crippen LogP contribution in [0.3, 0.4) is 0 Å². The third-order valence-corrected chi connectivity index (χ3v) is 1.91. The first-order valence-corrected chi connectivity index (χ1v) is 4.27. The number of hydrogen-bond donors (Lipinski definition) is 1. The molecule has 0 rings (SSSR count). The standard InChI is InChI=1S/C8H16F3N/c1-3-7(4-2)5-12-6-8(9,10)11/h7,12H,3-6H2,1-2H3. The summed E-state index contributed by atoms with van der Waals surface area (Å²) >= 11 is 0. The minimum absolute atomic E-state index is 0.368. The van der Waals surface area contributed by atoms with E-state index in [1.165, 1.54) is 0 Å². The summed E-state index contributed by atoms with van der Waals surface area (Å²) in [7, 11) is 0. The molecule has 0 aliphatic carbocycles. The molecule has 0 saturated heterocycles. The van der Waals surface area contributed by atoms with E-state index >= 15 is 0 Å². The van der Waals surface area contributed by atoms with Gasteiger partial charge < -0.3 is 5.32 Å². The second-order valence-corrected chi connectivity index (χ2v) is 2.93. The van der Waals surface area contributed by atoms with Crippen LogP contribution >= 0.6 is 0 Å². The summed E-state index contributed by atoms with van der Waals surface area (Å²) in [5.41, 5.74) is 0. The lowest BCUT2D eigenvalue weighted by Gasteiger charge is -2.14. The van der Waals surface area contributed by atoms with E-state index < -0.39 is 12.7 Å². The summed E-state index contributed by atoms with van der Waals surface area (Å²) in [4.78, 5) is 0. The maximum atomic E-state index is 11.7. The number of halogens is 3. The van der Waals surface area contributed by atoms with Crippen molar-refractivity contribution in [1.29, 1.82) is 0 Å². The van der Waals surface area contributed by atoms with Crippen molar-refractivity contribution in [2.45, 2.75) is 32.9 Å². The van der Waals surface area contributed by atoms with Crippen molar-refractivity contribution in [2.24, 2.45) is 5.92 Å². The van der Waals surface area contributed by atoms with Gasteiger partial charge in [-0.25, -0.2) is 0 Å². The first-order chi connectivity index (χ1) is 5.49. The second kappa shape index (κ2) is 5.41. The maximum absolute atomic E-state index is 11.7. The summed E-state index contributed by atoms with van der Waals surface area (Å²) < 4.78 is 35.0. The van der Waals surface area contributed by atoms with Crippen LogP contribution in [0.2, 0.25) is 0 Å². The van der Waals surface area contributed by atoms with Gasteiger partial charge in [-0.2, -0.15) is 13.2 Å². The molecule has 0 radical (unpaired) electrons. The molecule has 0 aliphatic heterocycles. The second-order valence-electron chi connectivity index (χ2n) is 2.93. The van der Waals surface area contributed by atoms with Gasteiger partial charge in [0, 0.05) is 0 Å². The van der Waals surface area contributed by atoms with Crippen molar-refractivity contribution in [3.05, 3.63) is 0 Å². The monoisotopic (exact) mass is 183 g/mol. The zero-order valence-corrected chi connectivity index (χ0v) is 7.54. The lowest BCUT2D eigenvalue weighted by molar-refractivity contribution is -0.125. The van der Waals surface area contributed by atoms with E-state index in [0.717, 1.165) is 12.8 Å². The Morgan fingerprint density at radius 2 is 1.67 bits per heavy atom. The van der Waals surface area contributed by atoms with Crippen LogP contribution in [0.4, 0.5) is 13.2 Å². The molecule has 0 atom stereocenters. The van der Waals surface area contributed by atoms with E-state index in [9.17, 15) is 13.2 Å². The molecule has 74 valence electrons. The van der Waals surface area contributed by atoms with Crippen molar-refractivity contribution >= 4 is 0 Å². The van der Waals surface area contributed by atoms with Gasteiger partial charge >= 0.3 is 6.18 Å². The van der Waals surface area contributed by atoms with Crippen molar-refractivity contribution in [2.75, 3.05) is 13.1 Å². The fourth-order valence-corrected chi connectivity index (χ4v) is 0.995. The molecule has 0 aromatic carbocycles. The molecule has 0 unspecified atom stereocenters. The average Bonchev–Trinajstić information content (AvgIpc) is 1.96. The molecule has 4 heteroatoms. The van der Waals surface area contributed by atoms with Crippen LogP contribution in [0, 0.1) is 5.92 Å². The highest BCUT2D eigenvalue weighted by Crippen LogP contribution is 2.13. The number of nitrogens with one attached hydrogen (secondary N) is 1. The predicted octanol–water partition coefficient (Wildman–Crippen LogP) is 2.57. The lowest BCUT2D eigenvalue weighted by atomic mass is 10.0. The quantitative estimate of drug-likeness (QED) is 0.690. The van der Waals surface area contributed by atoms with E-state index in [1.54, 1.807) is 0 Å². The highest BCUT2D eigenvalue weighted by Gasteiger charge is 2.26. The van der Waals surface area contributed by atoms with E-state index in [0.29, 0.717) is 12.5 Å². The Balaban J connectivity index is 3.41. The van der Waals surface area contributed by atoms with Gasteiger partial charge in [0.2, 0.25) is 0 Å². The first-order valence-electron chi connectivity index (χ1n) is 4.27. The maximum Gasteiger partial charge on any atom is 0.401 e. The smallest absolute Gasteiger partial charge is 0.308 e. The molecule has 0 fully saturated rings. The average molecular weight is 183 g/mol. The Bertz CT molecular complexity index is 107. The molecule has 0 amide bonds. The van der Waals surface area contributed by atoms with Gasteiger partial charge in [0.25, 0.3) is 0 Å². The summed E-state index contributed by atoms with van der Waals surface area (Å²) in [6.45, 7) is 3.57. The SMILES string of the molecule is CCC(CC)CNCC(F)(F)F. The molecule has 0 aromatic rings.